The lowest BCUT2D eigenvalue weighted by Gasteiger charge is -2.30. The first-order valence-electron chi connectivity index (χ1n) is 8.42. The Hall–Kier alpha value is -3.02. The molecule has 26 heavy (non-hydrogen) atoms. The van der Waals surface area contributed by atoms with Crippen molar-refractivity contribution in [2.24, 2.45) is 0 Å². The van der Waals surface area contributed by atoms with Crippen LogP contribution < -0.4 is 20.1 Å². The number of benzene rings is 3. The van der Waals surface area contributed by atoms with Crippen molar-refractivity contribution in [1.29, 1.82) is 0 Å². The molecule has 0 saturated heterocycles. The van der Waals surface area contributed by atoms with Crippen molar-refractivity contribution in [3.8, 4) is 11.5 Å². The molecule has 1 heterocycles. The number of anilines is 2. The van der Waals surface area contributed by atoms with Gasteiger partial charge < -0.3 is 20.1 Å². The van der Waals surface area contributed by atoms with Crippen LogP contribution in [-0.4, -0.2) is 13.2 Å². The number of hydrogen-bond donors (Lipinski definition) is 2. The van der Waals surface area contributed by atoms with E-state index < -0.39 is 6.61 Å². The van der Waals surface area contributed by atoms with E-state index in [0.717, 1.165) is 27.7 Å². The number of halogens is 2. The van der Waals surface area contributed by atoms with Gasteiger partial charge in [-0.2, -0.15) is 8.78 Å². The summed E-state index contributed by atoms with van der Waals surface area (Å²) in [7, 11) is 0. The van der Waals surface area contributed by atoms with Gasteiger partial charge in [0.1, 0.15) is 6.17 Å². The van der Waals surface area contributed by atoms with Gasteiger partial charge in [0.15, 0.2) is 11.5 Å². The van der Waals surface area contributed by atoms with E-state index in [1.807, 2.05) is 24.3 Å². The van der Waals surface area contributed by atoms with Gasteiger partial charge in [-0.15, -0.1) is 0 Å². The normalized spacial score (nSPS) is 13.4. The molecule has 134 valence electrons. The quantitative estimate of drug-likeness (QED) is 0.644. The molecular formula is C20H18F2N2O2. The Bertz CT molecular complexity index is 905. The molecule has 0 spiro atoms. The number of alkyl halides is 2. The lowest BCUT2D eigenvalue weighted by Crippen LogP contribution is -2.23. The average Bonchev–Trinajstić information content (AvgIpc) is 2.63. The first-order chi connectivity index (χ1) is 12.7. The van der Waals surface area contributed by atoms with Crippen molar-refractivity contribution < 1.29 is 18.3 Å². The van der Waals surface area contributed by atoms with Crippen molar-refractivity contribution in [3.05, 3.63) is 60.2 Å². The van der Waals surface area contributed by atoms with Crippen LogP contribution in [0.4, 0.5) is 20.2 Å². The van der Waals surface area contributed by atoms with Crippen LogP contribution in [0.3, 0.4) is 0 Å². The van der Waals surface area contributed by atoms with Crippen LogP contribution in [0.5, 0.6) is 11.5 Å². The first kappa shape index (κ1) is 16.4. The Morgan fingerprint density at radius 1 is 0.962 bits per heavy atom. The molecule has 0 saturated carbocycles. The topological polar surface area (TPSA) is 42.5 Å². The van der Waals surface area contributed by atoms with Crippen LogP contribution >= 0.6 is 0 Å². The van der Waals surface area contributed by atoms with E-state index in [4.69, 9.17) is 4.74 Å². The number of ether oxygens (including phenoxy) is 2. The Morgan fingerprint density at radius 3 is 2.27 bits per heavy atom. The second-order valence-electron chi connectivity index (χ2n) is 5.95. The highest BCUT2D eigenvalue weighted by Gasteiger charge is 2.22. The summed E-state index contributed by atoms with van der Waals surface area (Å²) in [6, 6.07) is 17.2. The molecule has 3 aromatic carbocycles. The molecule has 0 bridgehead atoms. The molecule has 3 aromatic rings. The SMILES string of the molecule is CCOc1cc(C2Nc3cccc4cccc(c34)N2)ccc1OC(F)F. The maximum atomic E-state index is 12.6. The molecule has 4 nitrogen and oxygen atoms in total. The molecule has 0 aromatic heterocycles. The molecule has 0 aliphatic carbocycles. The fraction of sp³-hybridized carbons (Fsp3) is 0.200. The van der Waals surface area contributed by atoms with E-state index in [1.54, 1.807) is 19.1 Å². The summed E-state index contributed by atoms with van der Waals surface area (Å²) in [5, 5.41) is 9.18. The van der Waals surface area contributed by atoms with Crippen molar-refractivity contribution in [2.45, 2.75) is 19.7 Å². The second kappa shape index (κ2) is 6.71. The van der Waals surface area contributed by atoms with Gasteiger partial charge in [-0.3, -0.25) is 0 Å². The average molecular weight is 356 g/mol. The monoisotopic (exact) mass is 356 g/mol. The van der Waals surface area contributed by atoms with E-state index >= 15 is 0 Å². The molecule has 4 rings (SSSR count). The molecule has 1 aliphatic rings. The molecule has 1 aliphatic heterocycles. The minimum atomic E-state index is -2.89. The zero-order valence-electron chi connectivity index (χ0n) is 14.1. The van der Waals surface area contributed by atoms with Crippen LogP contribution in [0.1, 0.15) is 18.7 Å². The van der Waals surface area contributed by atoms with Gasteiger partial charge in [0, 0.05) is 16.8 Å². The van der Waals surface area contributed by atoms with E-state index in [-0.39, 0.29) is 11.9 Å². The van der Waals surface area contributed by atoms with E-state index in [0.29, 0.717) is 12.4 Å². The van der Waals surface area contributed by atoms with Crippen molar-refractivity contribution >= 4 is 22.1 Å². The molecule has 2 N–H and O–H groups in total. The van der Waals surface area contributed by atoms with Gasteiger partial charge in [0.25, 0.3) is 0 Å². The summed E-state index contributed by atoms with van der Waals surface area (Å²) in [4.78, 5) is 0. The Labute approximate surface area is 149 Å². The largest absolute Gasteiger partial charge is 0.490 e. The van der Waals surface area contributed by atoms with Crippen LogP contribution in [0.25, 0.3) is 10.8 Å². The van der Waals surface area contributed by atoms with Crippen molar-refractivity contribution in [1.82, 2.24) is 0 Å². The lowest BCUT2D eigenvalue weighted by molar-refractivity contribution is -0.0514. The summed E-state index contributed by atoms with van der Waals surface area (Å²) in [6.45, 7) is -0.737. The third-order valence-electron chi connectivity index (χ3n) is 4.32. The minimum absolute atomic E-state index is 0.0314. The highest BCUT2D eigenvalue weighted by molar-refractivity contribution is 6.04. The Balaban J connectivity index is 1.69. The number of hydrogen-bond acceptors (Lipinski definition) is 4. The van der Waals surface area contributed by atoms with Crippen LogP contribution in [0, 0.1) is 0 Å². The Morgan fingerprint density at radius 2 is 1.65 bits per heavy atom. The van der Waals surface area contributed by atoms with Crippen LogP contribution in [0.15, 0.2) is 54.6 Å². The molecule has 0 radical (unpaired) electrons. The molecule has 0 atom stereocenters. The zero-order valence-corrected chi connectivity index (χ0v) is 14.1. The second-order valence-corrected chi connectivity index (χ2v) is 5.95. The van der Waals surface area contributed by atoms with Gasteiger partial charge in [-0.05, 0) is 42.1 Å². The highest BCUT2D eigenvalue weighted by atomic mass is 19.3. The molecule has 0 amide bonds. The van der Waals surface area contributed by atoms with E-state index in [1.165, 1.54) is 6.07 Å². The summed E-state index contributed by atoms with van der Waals surface area (Å²) in [5.74, 6) is 0.329. The first-order valence-corrected chi connectivity index (χ1v) is 8.42. The van der Waals surface area contributed by atoms with E-state index in [2.05, 4.69) is 27.5 Å². The van der Waals surface area contributed by atoms with E-state index in [9.17, 15) is 8.78 Å². The minimum Gasteiger partial charge on any atom is -0.490 e. The predicted molar refractivity (Wildman–Crippen MR) is 98.2 cm³/mol. The zero-order chi connectivity index (χ0) is 18.1. The predicted octanol–water partition coefficient (Wildman–Crippen LogP) is 5.38. The van der Waals surface area contributed by atoms with Gasteiger partial charge in [0.2, 0.25) is 0 Å². The third-order valence-corrected chi connectivity index (χ3v) is 4.32. The smallest absolute Gasteiger partial charge is 0.387 e. The molecule has 6 heteroatoms. The third kappa shape index (κ3) is 2.98. The highest BCUT2D eigenvalue weighted by Crippen LogP contribution is 2.40. The summed E-state index contributed by atoms with van der Waals surface area (Å²) in [5.41, 5.74) is 2.90. The Kier molecular flexibility index (Phi) is 4.24. The van der Waals surface area contributed by atoms with Crippen molar-refractivity contribution in [2.75, 3.05) is 17.2 Å². The van der Waals surface area contributed by atoms with Gasteiger partial charge in [0.05, 0.1) is 6.61 Å². The molecular weight excluding hydrogens is 338 g/mol. The maximum Gasteiger partial charge on any atom is 0.387 e. The molecule has 0 unspecified atom stereocenters. The van der Waals surface area contributed by atoms with Crippen LogP contribution in [-0.2, 0) is 0 Å². The summed E-state index contributed by atoms with van der Waals surface area (Å²) < 4.78 is 35.2. The summed E-state index contributed by atoms with van der Waals surface area (Å²) in [6.07, 6.45) is -0.213. The van der Waals surface area contributed by atoms with Gasteiger partial charge in [-0.1, -0.05) is 30.3 Å². The van der Waals surface area contributed by atoms with Gasteiger partial charge in [-0.25, -0.2) is 0 Å². The fourth-order valence-corrected chi connectivity index (χ4v) is 3.26. The number of rotatable bonds is 5. The molecule has 0 fully saturated rings. The lowest BCUT2D eigenvalue weighted by atomic mass is 10.0. The fourth-order valence-electron chi connectivity index (χ4n) is 3.26. The van der Waals surface area contributed by atoms with Gasteiger partial charge >= 0.3 is 6.61 Å². The van der Waals surface area contributed by atoms with Crippen molar-refractivity contribution in [3.63, 3.8) is 0 Å². The number of nitrogens with one attached hydrogen (secondary N) is 2. The standard InChI is InChI=1S/C20H18F2N2O2/c1-2-25-17-11-13(9-10-16(17)26-20(21)22)19-23-14-7-3-5-12-6-4-8-15(24-19)18(12)14/h3-11,19-20,23-24H,2H2,1H3. The summed E-state index contributed by atoms with van der Waals surface area (Å²) >= 11 is 0. The van der Waals surface area contributed by atoms with Crippen LogP contribution in [0.2, 0.25) is 0 Å². The maximum absolute atomic E-state index is 12.6.